The van der Waals surface area contributed by atoms with Crippen LogP contribution in [0.3, 0.4) is 0 Å². The first-order chi connectivity index (χ1) is 10.4. The van der Waals surface area contributed by atoms with Crippen LogP contribution in [0.15, 0.2) is 54.7 Å². The average molecular weight is 273 g/mol. The maximum Gasteiger partial charge on any atom is 0.316 e. The number of nitrogens with zero attached hydrogens (tertiary/aromatic N) is 2. The molecule has 1 aromatic heterocycles. The lowest BCUT2D eigenvalue weighted by Gasteiger charge is -2.11. The Hall–Kier alpha value is -2.68. The SMILES string of the molecule is O=[C]N1CCc2c(-c3cnc4ccccc4c3)cccc21. The van der Waals surface area contributed by atoms with Crippen molar-refractivity contribution in [3.63, 3.8) is 0 Å². The Kier molecular flexibility index (Phi) is 2.71. The van der Waals surface area contributed by atoms with Crippen molar-refractivity contribution in [1.29, 1.82) is 0 Å². The van der Waals surface area contributed by atoms with Crippen LogP contribution < -0.4 is 4.90 Å². The van der Waals surface area contributed by atoms with E-state index in [-0.39, 0.29) is 0 Å². The van der Waals surface area contributed by atoms with Crippen LogP contribution in [0.25, 0.3) is 22.0 Å². The number of pyridine rings is 1. The molecule has 1 aliphatic rings. The third-order valence-corrected chi connectivity index (χ3v) is 4.04. The Labute approximate surface area is 122 Å². The van der Waals surface area contributed by atoms with Gasteiger partial charge in [-0.05, 0) is 35.7 Å². The first kappa shape index (κ1) is 12.1. The van der Waals surface area contributed by atoms with Gasteiger partial charge in [-0.2, -0.15) is 0 Å². The van der Waals surface area contributed by atoms with Gasteiger partial charge >= 0.3 is 6.41 Å². The van der Waals surface area contributed by atoms with Gasteiger partial charge in [0.2, 0.25) is 0 Å². The summed E-state index contributed by atoms with van der Waals surface area (Å²) in [6, 6.07) is 16.3. The summed E-state index contributed by atoms with van der Waals surface area (Å²) in [5.74, 6) is 0. The molecule has 0 saturated heterocycles. The monoisotopic (exact) mass is 273 g/mol. The minimum atomic E-state index is 0.705. The van der Waals surface area contributed by atoms with Crippen LogP contribution in [0.1, 0.15) is 5.56 Å². The third kappa shape index (κ3) is 1.89. The number of hydrogen-bond acceptors (Lipinski definition) is 2. The second-order valence-corrected chi connectivity index (χ2v) is 5.21. The number of benzene rings is 2. The summed E-state index contributed by atoms with van der Waals surface area (Å²) >= 11 is 0. The van der Waals surface area contributed by atoms with E-state index < -0.39 is 0 Å². The summed E-state index contributed by atoms with van der Waals surface area (Å²) in [6.45, 7) is 0.705. The van der Waals surface area contributed by atoms with Gasteiger partial charge in [0.25, 0.3) is 0 Å². The number of aromatic nitrogens is 1. The van der Waals surface area contributed by atoms with Gasteiger partial charge in [0, 0.05) is 29.4 Å². The standard InChI is InChI=1S/C18H13N2O/c21-12-20-9-8-16-15(5-3-7-18(16)20)14-10-13-4-1-2-6-17(13)19-11-14/h1-7,10-11H,8-9H2. The first-order valence-electron chi connectivity index (χ1n) is 6.99. The highest BCUT2D eigenvalue weighted by atomic mass is 16.1. The van der Waals surface area contributed by atoms with Crippen LogP contribution in [-0.4, -0.2) is 17.9 Å². The van der Waals surface area contributed by atoms with E-state index in [0.717, 1.165) is 34.1 Å². The molecule has 0 saturated carbocycles. The highest BCUT2D eigenvalue weighted by Gasteiger charge is 2.22. The quantitative estimate of drug-likeness (QED) is 0.717. The zero-order valence-electron chi connectivity index (χ0n) is 11.4. The number of para-hydroxylation sites is 1. The Balaban J connectivity index is 1.89. The summed E-state index contributed by atoms with van der Waals surface area (Å²) in [4.78, 5) is 17.2. The van der Waals surface area contributed by atoms with Crippen molar-refractivity contribution in [3.05, 3.63) is 60.3 Å². The normalized spacial score (nSPS) is 13.4. The molecule has 3 aromatic rings. The number of hydrogen-bond donors (Lipinski definition) is 0. The molecule has 0 bridgehead atoms. The lowest BCUT2D eigenvalue weighted by atomic mass is 9.98. The zero-order valence-corrected chi connectivity index (χ0v) is 11.4. The molecule has 0 atom stereocenters. The van der Waals surface area contributed by atoms with Gasteiger partial charge in [0.15, 0.2) is 0 Å². The average Bonchev–Trinajstić information content (AvgIpc) is 2.97. The predicted molar refractivity (Wildman–Crippen MR) is 83.9 cm³/mol. The van der Waals surface area contributed by atoms with Gasteiger partial charge in [-0.25, -0.2) is 0 Å². The molecule has 21 heavy (non-hydrogen) atoms. The molecular formula is C18H13N2O. The first-order valence-corrected chi connectivity index (χ1v) is 6.99. The van der Waals surface area contributed by atoms with Gasteiger partial charge in [0.05, 0.1) is 5.52 Å². The zero-order chi connectivity index (χ0) is 14.2. The Morgan fingerprint density at radius 1 is 1.10 bits per heavy atom. The van der Waals surface area contributed by atoms with Crippen molar-refractivity contribution >= 4 is 23.0 Å². The van der Waals surface area contributed by atoms with E-state index in [9.17, 15) is 4.79 Å². The predicted octanol–water partition coefficient (Wildman–Crippen LogP) is 3.33. The molecule has 0 aliphatic carbocycles. The lowest BCUT2D eigenvalue weighted by molar-refractivity contribution is 0.552. The van der Waals surface area contributed by atoms with Crippen LogP contribution in [-0.2, 0) is 11.2 Å². The molecule has 0 spiro atoms. The summed E-state index contributed by atoms with van der Waals surface area (Å²) in [5, 5.41) is 1.13. The number of fused-ring (bicyclic) bond motifs is 2. The van der Waals surface area contributed by atoms with E-state index in [1.54, 1.807) is 4.90 Å². The van der Waals surface area contributed by atoms with Gasteiger partial charge in [-0.15, -0.1) is 0 Å². The van der Waals surface area contributed by atoms with Gasteiger partial charge in [-0.1, -0.05) is 30.3 Å². The number of rotatable bonds is 2. The summed E-state index contributed by atoms with van der Waals surface area (Å²) < 4.78 is 0. The van der Waals surface area contributed by atoms with Crippen LogP contribution in [0, 0.1) is 0 Å². The fourth-order valence-electron chi connectivity index (χ4n) is 3.02. The van der Waals surface area contributed by atoms with Gasteiger partial charge in [-0.3, -0.25) is 9.78 Å². The van der Waals surface area contributed by atoms with Crippen LogP contribution in [0.2, 0.25) is 0 Å². The van der Waals surface area contributed by atoms with Crippen LogP contribution in [0.4, 0.5) is 5.69 Å². The molecule has 2 aromatic carbocycles. The summed E-state index contributed by atoms with van der Waals surface area (Å²) in [5.41, 5.74) is 5.42. The minimum Gasteiger partial charge on any atom is -0.304 e. The second-order valence-electron chi connectivity index (χ2n) is 5.21. The molecule has 1 aliphatic heterocycles. The highest BCUT2D eigenvalue weighted by Crippen LogP contribution is 2.35. The Morgan fingerprint density at radius 2 is 2.00 bits per heavy atom. The molecular weight excluding hydrogens is 260 g/mol. The van der Waals surface area contributed by atoms with Crippen LogP contribution >= 0.6 is 0 Å². The summed E-state index contributed by atoms with van der Waals surface area (Å²) in [6.07, 6.45) is 4.77. The molecule has 3 nitrogen and oxygen atoms in total. The molecule has 0 fully saturated rings. The van der Waals surface area contributed by atoms with Gasteiger partial charge < -0.3 is 4.90 Å². The highest BCUT2D eigenvalue weighted by molar-refractivity contribution is 5.88. The molecule has 0 N–H and O–H groups in total. The van der Waals surface area contributed by atoms with E-state index >= 15 is 0 Å². The van der Waals surface area contributed by atoms with E-state index in [1.165, 1.54) is 5.56 Å². The van der Waals surface area contributed by atoms with Crippen molar-refractivity contribution in [3.8, 4) is 11.1 Å². The van der Waals surface area contributed by atoms with Crippen molar-refractivity contribution in [2.24, 2.45) is 0 Å². The summed E-state index contributed by atoms with van der Waals surface area (Å²) in [7, 11) is 0. The van der Waals surface area contributed by atoms with Crippen molar-refractivity contribution in [2.45, 2.75) is 6.42 Å². The number of amides is 1. The number of anilines is 1. The smallest absolute Gasteiger partial charge is 0.304 e. The van der Waals surface area contributed by atoms with E-state index in [0.29, 0.717) is 6.54 Å². The fourth-order valence-corrected chi connectivity index (χ4v) is 3.02. The fraction of sp³-hybridized carbons (Fsp3) is 0.111. The molecule has 4 rings (SSSR count). The lowest BCUT2D eigenvalue weighted by Crippen LogP contribution is -2.16. The molecule has 2 heterocycles. The van der Waals surface area contributed by atoms with Crippen molar-refractivity contribution in [1.82, 2.24) is 4.98 Å². The van der Waals surface area contributed by atoms with E-state index in [1.807, 2.05) is 42.9 Å². The molecule has 101 valence electrons. The minimum absolute atomic E-state index is 0.705. The second kappa shape index (κ2) is 4.70. The number of carbonyl (C=O) groups excluding carboxylic acids is 1. The largest absolute Gasteiger partial charge is 0.316 e. The topological polar surface area (TPSA) is 33.2 Å². The van der Waals surface area contributed by atoms with Crippen molar-refractivity contribution in [2.75, 3.05) is 11.4 Å². The molecule has 3 heteroatoms. The Bertz CT molecular complexity index is 841. The molecule has 1 radical (unpaired) electrons. The Morgan fingerprint density at radius 3 is 2.90 bits per heavy atom. The van der Waals surface area contributed by atoms with E-state index in [2.05, 4.69) is 23.2 Å². The molecule has 0 unspecified atom stereocenters. The van der Waals surface area contributed by atoms with E-state index in [4.69, 9.17) is 0 Å². The van der Waals surface area contributed by atoms with Gasteiger partial charge in [0.1, 0.15) is 0 Å². The third-order valence-electron chi connectivity index (χ3n) is 4.04. The maximum atomic E-state index is 11.0. The van der Waals surface area contributed by atoms with Crippen LogP contribution in [0.5, 0.6) is 0 Å². The maximum absolute atomic E-state index is 11.0. The van der Waals surface area contributed by atoms with Crippen molar-refractivity contribution < 1.29 is 4.79 Å². The molecule has 1 amide bonds.